The highest BCUT2D eigenvalue weighted by Gasteiger charge is 2.34. The van der Waals surface area contributed by atoms with Crippen LogP contribution in [0.15, 0.2) is 101 Å². The number of hydrogen-bond donors (Lipinski definition) is 0. The van der Waals surface area contributed by atoms with Crippen molar-refractivity contribution >= 4 is 34.2 Å². The van der Waals surface area contributed by atoms with Crippen LogP contribution >= 0.6 is 6.89 Å². The van der Waals surface area contributed by atoms with Crippen LogP contribution in [0.1, 0.15) is 0 Å². The topological polar surface area (TPSA) is 51.0 Å². The van der Waals surface area contributed by atoms with Crippen LogP contribution in [0, 0.1) is 0 Å². The molecule has 27 heavy (non-hydrogen) atoms. The zero-order valence-electron chi connectivity index (χ0n) is 15.3. The lowest BCUT2D eigenvalue weighted by Crippen LogP contribution is -2.33. The third-order valence-corrected chi connectivity index (χ3v) is 8.44. The van der Waals surface area contributed by atoms with Gasteiger partial charge in [-0.05, 0) is 15.9 Å². The molecule has 0 aromatic heterocycles. The summed E-state index contributed by atoms with van der Waals surface area (Å²) in [6.45, 7) is -2.57. The monoisotopic (exact) mass is 376 g/mol. The van der Waals surface area contributed by atoms with Crippen molar-refractivity contribution in [2.24, 2.45) is 10.2 Å². The Morgan fingerprint density at radius 1 is 0.741 bits per heavy atom. The van der Waals surface area contributed by atoms with E-state index in [-0.39, 0.29) is 0 Å². The van der Waals surface area contributed by atoms with E-state index in [1.54, 1.807) is 7.05 Å². The van der Waals surface area contributed by atoms with Crippen LogP contribution in [0.5, 0.6) is 0 Å². The lowest BCUT2D eigenvalue weighted by Gasteiger charge is -2.29. The van der Waals surface area contributed by atoms with E-state index in [0.717, 1.165) is 15.9 Å². The Morgan fingerprint density at radius 3 is 1.41 bits per heavy atom. The number of esters is 1. The molecule has 0 saturated carbocycles. The van der Waals surface area contributed by atoms with Gasteiger partial charge in [0.05, 0.1) is 7.11 Å². The van der Waals surface area contributed by atoms with Gasteiger partial charge in [-0.1, -0.05) is 91.0 Å². The van der Waals surface area contributed by atoms with Crippen molar-refractivity contribution in [1.29, 1.82) is 0 Å². The first-order chi connectivity index (χ1) is 13.2. The van der Waals surface area contributed by atoms with Crippen LogP contribution in [-0.4, -0.2) is 25.5 Å². The van der Waals surface area contributed by atoms with Crippen molar-refractivity contribution in [3.8, 4) is 0 Å². The van der Waals surface area contributed by atoms with Gasteiger partial charge in [0.15, 0.2) is 5.42 Å². The van der Waals surface area contributed by atoms with Crippen LogP contribution in [-0.2, 0) is 9.53 Å². The molecule has 0 bridgehead atoms. The van der Waals surface area contributed by atoms with Crippen molar-refractivity contribution in [3.05, 3.63) is 91.0 Å². The Balaban J connectivity index is 2.61. The number of nitrogens with zero attached hydrogens (tertiary/aromatic N) is 2. The third-order valence-electron chi connectivity index (χ3n) is 4.31. The average molecular weight is 376 g/mol. The largest absolute Gasteiger partial charge is 0.464 e. The zero-order chi connectivity index (χ0) is 19.1. The normalized spacial score (nSPS) is 11.3. The molecule has 0 aliphatic carbocycles. The van der Waals surface area contributed by atoms with Crippen molar-refractivity contribution in [3.63, 3.8) is 0 Å². The summed E-state index contributed by atoms with van der Waals surface area (Å²) in [4.78, 5) is 12.9. The number of azo groups is 1. The molecule has 0 aliphatic heterocycles. The van der Waals surface area contributed by atoms with Crippen molar-refractivity contribution < 1.29 is 9.53 Å². The molecule has 0 atom stereocenters. The SMILES string of the molecule is CN=NC(C(=O)OC)=P(c1ccccc1)(c1ccccc1)c1ccccc1. The van der Waals surface area contributed by atoms with E-state index in [2.05, 4.69) is 10.2 Å². The van der Waals surface area contributed by atoms with E-state index in [9.17, 15) is 4.79 Å². The summed E-state index contributed by atoms with van der Waals surface area (Å²) < 4.78 is 5.13. The first-order valence-corrected chi connectivity index (χ1v) is 10.4. The molecule has 3 aromatic rings. The second-order valence-corrected chi connectivity index (χ2v) is 9.11. The number of rotatable bonds is 5. The minimum atomic E-state index is -2.57. The molecular weight excluding hydrogens is 355 g/mol. The van der Waals surface area contributed by atoms with Crippen molar-refractivity contribution in [2.45, 2.75) is 0 Å². The van der Waals surface area contributed by atoms with Gasteiger partial charge in [0.1, 0.15) is 0 Å². The predicted octanol–water partition coefficient (Wildman–Crippen LogP) is 3.37. The van der Waals surface area contributed by atoms with E-state index in [4.69, 9.17) is 4.74 Å². The maximum atomic E-state index is 12.9. The van der Waals surface area contributed by atoms with Gasteiger partial charge >= 0.3 is 5.97 Å². The summed E-state index contributed by atoms with van der Waals surface area (Å²) in [7, 11) is 2.95. The maximum Gasteiger partial charge on any atom is 0.359 e. The third kappa shape index (κ3) is 3.49. The fraction of sp³-hybridized carbons (Fsp3) is 0.0909. The Hall–Kier alpha value is -2.97. The Kier molecular flexibility index (Phi) is 6.00. The molecule has 3 aromatic carbocycles. The lowest BCUT2D eigenvalue weighted by atomic mass is 10.4. The summed E-state index contributed by atoms with van der Waals surface area (Å²) in [5.41, 5.74) is 0.330. The van der Waals surface area contributed by atoms with Gasteiger partial charge in [-0.15, -0.1) is 5.11 Å². The first kappa shape index (κ1) is 18.8. The van der Waals surface area contributed by atoms with Crippen LogP contribution < -0.4 is 15.9 Å². The van der Waals surface area contributed by atoms with Gasteiger partial charge in [0.25, 0.3) is 0 Å². The minimum absolute atomic E-state index is 0.330. The van der Waals surface area contributed by atoms with E-state index in [1.165, 1.54) is 7.11 Å². The predicted molar refractivity (Wildman–Crippen MR) is 113 cm³/mol. The minimum Gasteiger partial charge on any atom is -0.464 e. The standard InChI is InChI=1S/C22H21N2O2P/c1-23-24-21(22(25)26-2)27(18-12-6-3-7-13-18,19-14-8-4-9-15-19)20-16-10-5-11-17-20/h3-17H,1-2H3. The van der Waals surface area contributed by atoms with E-state index in [0.29, 0.717) is 5.42 Å². The van der Waals surface area contributed by atoms with Crippen LogP contribution in [0.3, 0.4) is 0 Å². The van der Waals surface area contributed by atoms with Gasteiger partial charge < -0.3 is 4.74 Å². The van der Waals surface area contributed by atoms with Gasteiger partial charge in [0.2, 0.25) is 0 Å². The van der Waals surface area contributed by atoms with Crippen molar-refractivity contribution in [2.75, 3.05) is 14.2 Å². The number of benzene rings is 3. The fourth-order valence-corrected chi connectivity index (χ4v) is 7.27. The van der Waals surface area contributed by atoms with Gasteiger partial charge in [-0.25, -0.2) is 4.79 Å². The molecule has 0 unspecified atom stereocenters. The quantitative estimate of drug-likeness (QED) is 0.389. The molecule has 0 amide bonds. The molecule has 0 radical (unpaired) electrons. The van der Waals surface area contributed by atoms with Crippen LogP contribution in [0.25, 0.3) is 0 Å². The molecule has 0 aliphatic rings. The van der Waals surface area contributed by atoms with E-state index >= 15 is 0 Å². The molecule has 136 valence electrons. The summed E-state index contributed by atoms with van der Waals surface area (Å²) in [5.74, 6) is -0.467. The molecule has 0 N–H and O–H groups in total. The molecular formula is C22H21N2O2P. The molecule has 3 rings (SSSR count). The van der Waals surface area contributed by atoms with Gasteiger partial charge in [-0.3, -0.25) is 0 Å². The maximum absolute atomic E-state index is 12.9. The van der Waals surface area contributed by atoms with Gasteiger partial charge in [0, 0.05) is 13.9 Å². The molecule has 0 saturated heterocycles. The Bertz CT molecular complexity index is 881. The van der Waals surface area contributed by atoms with Gasteiger partial charge in [-0.2, -0.15) is 5.11 Å². The molecule has 4 nitrogen and oxygen atoms in total. The second-order valence-electron chi connectivity index (χ2n) is 5.79. The molecule has 0 fully saturated rings. The lowest BCUT2D eigenvalue weighted by molar-refractivity contribution is -0.132. The number of carbonyl (C=O) groups is 1. The smallest absolute Gasteiger partial charge is 0.359 e. The van der Waals surface area contributed by atoms with Crippen molar-refractivity contribution in [1.82, 2.24) is 0 Å². The number of methoxy groups -OCH3 is 1. The number of ether oxygens (including phenoxy) is 1. The van der Waals surface area contributed by atoms with E-state index in [1.807, 2.05) is 91.0 Å². The van der Waals surface area contributed by atoms with E-state index < -0.39 is 12.9 Å². The summed E-state index contributed by atoms with van der Waals surface area (Å²) in [5, 5.41) is 11.3. The Labute approximate surface area is 159 Å². The summed E-state index contributed by atoms with van der Waals surface area (Å²) in [6, 6.07) is 30.0. The van der Waals surface area contributed by atoms with Crippen LogP contribution in [0.2, 0.25) is 0 Å². The van der Waals surface area contributed by atoms with Crippen LogP contribution in [0.4, 0.5) is 0 Å². The average Bonchev–Trinajstić information content (AvgIpc) is 2.75. The highest BCUT2D eigenvalue weighted by molar-refractivity contribution is 7.96. The molecule has 5 heteroatoms. The summed E-state index contributed by atoms with van der Waals surface area (Å²) >= 11 is 0. The first-order valence-electron chi connectivity index (χ1n) is 8.56. The highest BCUT2D eigenvalue weighted by Crippen LogP contribution is 2.46. The number of carbonyl (C=O) groups excluding carboxylic acids is 1. The molecule has 0 heterocycles. The second kappa shape index (κ2) is 8.61. The summed E-state index contributed by atoms with van der Waals surface area (Å²) in [6.07, 6.45) is 0. The Morgan fingerprint density at radius 2 is 1.11 bits per heavy atom. The molecule has 0 spiro atoms. The zero-order valence-corrected chi connectivity index (χ0v) is 16.2. The number of hydrogen-bond acceptors (Lipinski definition) is 3. The fourth-order valence-electron chi connectivity index (χ4n) is 3.20. The highest BCUT2D eigenvalue weighted by atomic mass is 31.2.